The molecule has 0 unspecified atom stereocenters. The highest BCUT2D eigenvalue weighted by atomic mass is 35.5. The lowest BCUT2D eigenvalue weighted by Crippen LogP contribution is -2.13. The van der Waals surface area contributed by atoms with Gasteiger partial charge in [-0.1, -0.05) is 29.8 Å². The lowest BCUT2D eigenvalue weighted by atomic mass is 10.2. The van der Waals surface area contributed by atoms with E-state index in [1.807, 2.05) is 30.3 Å². The fourth-order valence-electron chi connectivity index (χ4n) is 2.18. The fraction of sp³-hybridized carbons (Fsp3) is 0.188. The van der Waals surface area contributed by atoms with Crippen LogP contribution in [-0.2, 0) is 0 Å². The summed E-state index contributed by atoms with van der Waals surface area (Å²) in [5.41, 5.74) is 0.960. The van der Waals surface area contributed by atoms with Gasteiger partial charge in [0.2, 0.25) is 0 Å². The van der Waals surface area contributed by atoms with Crippen molar-refractivity contribution in [3.8, 4) is 5.75 Å². The maximum atomic E-state index is 11.3. The number of hydrogen-bond acceptors (Lipinski definition) is 5. The molecule has 0 saturated heterocycles. The van der Waals surface area contributed by atoms with E-state index in [2.05, 4.69) is 20.5 Å². The molecule has 0 aliphatic heterocycles. The summed E-state index contributed by atoms with van der Waals surface area (Å²) >= 11 is 5.88. The standard InChI is InChI=1S/C16H15ClN4O2/c17-14-12(10-20-21-16(14)22)18-8-3-9-23-13-6-1-4-11-5-2-7-19-15(11)13/h1-2,4-7,10H,3,8-9H2,(H2,18,21,22). The average Bonchev–Trinajstić information content (AvgIpc) is 2.58. The van der Waals surface area contributed by atoms with Crippen LogP contribution in [0.25, 0.3) is 10.9 Å². The summed E-state index contributed by atoms with van der Waals surface area (Å²) in [6.07, 6.45) is 3.98. The molecule has 6 nitrogen and oxygen atoms in total. The van der Waals surface area contributed by atoms with Gasteiger partial charge in [0.05, 0.1) is 18.5 Å². The largest absolute Gasteiger partial charge is 0.491 e. The number of aromatic amines is 1. The van der Waals surface area contributed by atoms with Gasteiger partial charge in [-0.2, -0.15) is 5.10 Å². The van der Waals surface area contributed by atoms with Crippen molar-refractivity contribution < 1.29 is 4.74 Å². The first-order chi connectivity index (χ1) is 11.3. The summed E-state index contributed by atoms with van der Waals surface area (Å²) in [4.78, 5) is 15.7. The number of benzene rings is 1. The first-order valence-corrected chi connectivity index (χ1v) is 7.57. The number of pyridine rings is 1. The van der Waals surface area contributed by atoms with Crippen molar-refractivity contribution in [3.05, 3.63) is 58.1 Å². The molecule has 0 atom stereocenters. The Morgan fingerprint density at radius 2 is 2.13 bits per heavy atom. The average molecular weight is 331 g/mol. The van der Waals surface area contributed by atoms with Crippen LogP contribution in [0.3, 0.4) is 0 Å². The van der Waals surface area contributed by atoms with Crippen LogP contribution in [0.4, 0.5) is 5.69 Å². The van der Waals surface area contributed by atoms with Crippen molar-refractivity contribution in [2.24, 2.45) is 0 Å². The van der Waals surface area contributed by atoms with E-state index in [4.69, 9.17) is 16.3 Å². The monoisotopic (exact) mass is 330 g/mol. The molecule has 0 aliphatic rings. The Hall–Kier alpha value is -2.60. The number of rotatable bonds is 6. The number of nitrogens with one attached hydrogen (secondary N) is 2. The SMILES string of the molecule is O=c1[nH]ncc(NCCCOc2cccc3cccnc23)c1Cl. The Morgan fingerprint density at radius 1 is 1.26 bits per heavy atom. The summed E-state index contributed by atoms with van der Waals surface area (Å²) in [6.45, 7) is 1.14. The van der Waals surface area contributed by atoms with Crippen molar-refractivity contribution in [1.82, 2.24) is 15.2 Å². The second kappa shape index (κ2) is 7.11. The summed E-state index contributed by atoms with van der Waals surface area (Å²) in [5.74, 6) is 0.763. The number of H-pyrrole nitrogens is 1. The number of halogens is 1. The van der Waals surface area contributed by atoms with Crippen LogP contribution < -0.4 is 15.6 Å². The molecule has 23 heavy (non-hydrogen) atoms. The van der Waals surface area contributed by atoms with Crippen molar-refractivity contribution >= 4 is 28.2 Å². The predicted molar refractivity (Wildman–Crippen MR) is 90.2 cm³/mol. The molecule has 0 spiro atoms. The van der Waals surface area contributed by atoms with Crippen LogP contribution in [-0.4, -0.2) is 28.3 Å². The molecule has 0 radical (unpaired) electrons. The van der Waals surface area contributed by atoms with E-state index in [-0.39, 0.29) is 5.02 Å². The van der Waals surface area contributed by atoms with Crippen molar-refractivity contribution in [3.63, 3.8) is 0 Å². The van der Waals surface area contributed by atoms with Gasteiger partial charge in [-0.3, -0.25) is 9.78 Å². The molecular formula is C16H15ClN4O2. The lowest BCUT2D eigenvalue weighted by molar-refractivity contribution is 0.318. The Kier molecular flexibility index (Phi) is 4.73. The highest BCUT2D eigenvalue weighted by Crippen LogP contribution is 2.23. The number of para-hydroxylation sites is 1. The molecule has 2 heterocycles. The molecule has 2 N–H and O–H groups in total. The number of nitrogens with zero attached hydrogens (tertiary/aromatic N) is 2. The van der Waals surface area contributed by atoms with Gasteiger partial charge in [0.15, 0.2) is 0 Å². The molecule has 118 valence electrons. The summed E-state index contributed by atoms with van der Waals surface area (Å²) < 4.78 is 5.79. The minimum Gasteiger partial charge on any atom is -0.491 e. The smallest absolute Gasteiger partial charge is 0.285 e. The Balaban J connectivity index is 1.53. The molecule has 3 rings (SSSR count). The number of aromatic nitrogens is 3. The van der Waals surface area contributed by atoms with E-state index in [1.165, 1.54) is 6.20 Å². The second-order valence-corrected chi connectivity index (χ2v) is 5.26. The number of anilines is 1. The quantitative estimate of drug-likeness (QED) is 0.679. The molecule has 2 aromatic heterocycles. The van der Waals surface area contributed by atoms with Gasteiger partial charge in [0, 0.05) is 18.1 Å². The highest BCUT2D eigenvalue weighted by Gasteiger charge is 2.05. The first kappa shape index (κ1) is 15.3. The number of ether oxygens (including phenoxy) is 1. The van der Waals surface area contributed by atoms with Gasteiger partial charge < -0.3 is 10.1 Å². The van der Waals surface area contributed by atoms with Crippen molar-refractivity contribution in [1.29, 1.82) is 0 Å². The zero-order chi connectivity index (χ0) is 16.1. The third-order valence-electron chi connectivity index (χ3n) is 3.29. The summed E-state index contributed by atoms with van der Waals surface area (Å²) in [7, 11) is 0. The number of fused-ring (bicyclic) bond motifs is 1. The molecule has 1 aromatic carbocycles. The van der Waals surface area contributed by atoms with E-state index in [0.717, 1.165) is 23.1 Å². The van der Waals surface area contributed by atoms with Crippen LogP contribution in [0.2, 0.25) is 5.02 Å². The van der Waals surface area contributed by atoms with Crippen LogP contribution >= 0.6 is 11.6 Å². The summed E-state index contributed by atoms with van der Waals surface area (Å²) in [5, 5.41) is 10.2. The molecule has 3 aromatic rings. The predicted octanol–water partition coefficient (Wildman–Crippen LogP) is 2.85. The third-order valence-corrected chi connectivity index (χ3v) is 3.66. The number of hydrogen-bond donors (Lipinski definition) is 2. The molecular weight excluding hydrogens is 316 g/mol. The lowest BCUT2D eigenvalue weighted by Gasteiger charge is -2.10. The molecule has 0 amide bonds. The first-order valence-electron chi connectivity index (χ1n) is 7.19. The van der Waals surface area contributed by atoms with Gasteiger partial charge >= 0.3 is 0 Å². The van der Waals surface area contributed by atoms with Crippen LogP contribution in [0, 0.1) is 0 Å². The second-order valence-electron chi connectivity index (χ2n) is 4.89. The zero-order valence-electron chi connectivity index (χ0n) is 12.3. The van der Waals surface area contributed by atoms with E-state index in [1.54, 1.807) is 6.20 Å². The van der Waals surface area contributed by atoms with E-state index < -0.39 is 5.56 Å². The fourth-order valence-corrected chi connectivity index (χ4v) is 2.33. The molecule has 0 aliphatic carbocycles. The topological polar surface area (TPSA) is 79.9 Å². The van der Waals surface area contributed by atoms with Crippen LogP contribution in [0.1, 0.15) is 6.42 Å². The van der Waals surface area contributed by atoms with Crippen molar-refractivity contribution in [2.75, 3.05) is 18.5 Å². The van der Waals surface area contributed by atoms with Gasteiger partial charge in [0.1, 0.15) is 16.3 Å². The maximum absolute atomic E-state index is 11.3. The maximum Gasteiger partial charge on any atom is 0.285 e. The Morgan fingerprint density at radius 3 is 3.04 bits per heavy atom. The van der Waals surface area contributed by atoms with Crippen molar-refractivity contribution in [2.45, 2.75) is 6.42 Å². The minimum absolute atomic E-state index is 0.110. The zero-order valence-corrected chi connectivity index (χ0v) is 13.0. The molecule has 0 bridgehead atoms. The van der Waals surface area contributed by atoms with Gasteiger partial charge in [-0.15, -0.1) is 0 Å². The Labute approximate surface area is 137 Å². The molecule has 0 fully saturated rings. The van der Waals surface area contributed by atoms with Gasteiger partial charge in [0.25, 0.3) is 5.56 Å². The van der Waals surface area contributed by atoms with Crippen LogP contribution in [0.15, 0.2) is 47.5 Å². The normalized spacial score (nSPS) is 10.7. The van der Waals surface area contributed by atoms with Gasteiger partial charge in [-0.25, -0.2) is 5.10 Å². The van der Waals surface area contributed by atoms with Gasteiger partial charge in [-0.05, 0) is 18.6 Å². The highest BCUT2D eigenvalue weighted by molar-refractivity contribution is 6.32. The molecule has 0 saturated carbocycles. The molecule has 7 heteroatoms. The summed E-state index contributed by atoms with van der Waals surface area (Å²) in [6, 6.07) is 9.74. The minimum atomic E-state index is -0.408. The Bertz CT molecular complexity index is 861. The third kappa shape index (κ3) is 3.60. The van der Waals surface area contributed by atoms with E-state index >= 15 is 0 Å². The van der Waals surface area contributed by atoms with E-state index in [9.17, 15) is 4.79 Å². The van der Waals surface area contributed by atoms with Crippen LogP contribution in [0.5, 0.6) is 5.75 Å². The van der Waals surface area contributed by atoms with E-state index in [0.29, 0.717) is 18.8 Å².